The molecule has 2 aromatic carbocycles. The molecule has 30 heavy (non-hydrogen) atoms. The molecule has 0 aliphatic rings. The topological polar surface area (TPSA) is 111 Å². The maximum absolute atomic E-state index is 12.1. The second-order valence-electron chi connectivity index (χ2n) is 6.31. The fraction of sp³-hybridized carbons (Fsp3) is 0.273. The van der Waals surface area contributed by atoms with Crippen LogP contribution in [0.5, 0.6) is 5.75 Å². The van der Waals surface area contributed by atoms with Crippen molar-refractivity contribution < 1.29 is 28.7 Å². The molecule has 0 aromatic heterocycles. The molecule has 0 fully saturated rings. The summed E-state index contributed by atoms with van der Waals surface area (Å²) in [6, 6.07) is 14.7. The van der Waals surface area contributed by atoms with Gasteiger partial charge < -0.3 is 14.8 Å². The molecule has 0 aliphatic heterocycles. The van der Waals surface area contributed by atoms with Crippen LogP contribution in [0.1, 0.15) is 40.5 Å². The van der Waals surface area contributed by atoms with Gasteiger partial charge in [0.15, 0.2) is 6.61 Å². The highest BCUT2D eigenvalue weighted by molar-refractivity contribution is 6.05. The molecule has 158 valence electrons. The number of hydrogen-bond acceptors (Lipinski definition) is 6. The Morgan fingerprint density at radius 1 is 0.867 bits per heavy atom. The quantitative estimate of drug-likeness (QED) is 0.457. The van der Waals surface area contributed by atoms with E-state index in [0.29, 0.717) is 23.5 Å². The zero-order valence-corrected chi connectivity index (χ0v) is 16.7. The summed E-state index contributed by atoms with van der Waals surface area (Å²) >= 11 is 0. The number of carbonyl (C=O) groups excluding carboxylic acids is 4. The summed E-state index contributed by atoms with van der Waals surface area (Å²) in [5.41, 5.74) is 0.670. The van der Waals surface area contributed by atoms with Crippen LogP contribution in [0.15, 0.2) is 54.6 Å². The molecule has 2 aromatic rings. The highest BCUT2D eigenvalue weighted by Crippen LogP contribution is 2.12. The lowest BCUT2D eigenvalue weighted by Gasteiger charge is -2.08. The number of rotatable bonds is 10. The number of carbonyl (C=O) groups is 4. The highest BCUT2D eigenvalue weighted by Gasteiger charge is 2.13. The van der Waals surface area contributed by atoms with Crippen molar-refractivity contribution in [2.45, 2.75) is 19.8 Å². The molecular formula is C22H24N2O6. The molecule has 8 heteroatoms. The largest absolute Gasteiger partial charge is 0.494 e. The van der Waals surface area contributed by atoms with E-state index in [-0.39, 0.29) is 0 Å². The van der Waals surface area contributed by atoms with Gasteiger partial charge in [-0.15, -0.1) is 0 Å². The standard InChI is InChI=1S/C22H24N2O6/c1-2-3-13-29-18-11-9-17(10-12-18)21(27)23-14-20(26)30-15-19(25)24-22(28)16-7-5-4-6-8-16/h4-12H,2-3,13-15H2,1H3,(H,23,27)(H,24,25,28). The molecule has 3 amide bonds. The molecule has 0 spiro atoms. The minimum absolute atomic E-state index is 0.311. The Morgan fingerprint density at radius 2 is 1.53 bits per heavy atom. The first-order valence-electron chi connectivity index (χ1n) is 9.55. The predicted molar refractivity (Wildman–Crippen MR) is 109 cm³/mol. The van der Waals surface area contributed by atoms with Gasteiger partial charge in [-0.1, -0.05) is 31.5 Å². The Balaban J connectivity index is 1.69. The van der Waals surface area contributed by atoms with E-state index in [1.165, 1.54) is 0 Å². The number of nitrogens with one attached hydrogen (secondary N) is 2. The fourth-order valence-corrected chi connectivity index (χ4v) is 2.31. The second kappa shape index (κ2) is 12.0. The number of amides is 3. The first-order chi connectivity index (χ1) is 14.5. The lowest BCUT2D eigenvalue weighted by Crippen LogP contribution is -2.36. The molecular weight excluding hydrogens is 388 g/mol. The van der Waals surface area contributed by atoms with Gasteiger partial charge in [0.05, 0.1) is 6.61 Å². The first kappa shape index (κ1) is 22.6. The zero-order valence-electron chi connectivity index (χ0n) is 16.7. The van der Waals surface area contributed by atoms with E-state index in [9.17, 15) is 19.2 Å². The lowest BCUT2D eigenvalue weighted by atomic mass is 10.2. The second-order valence-corrected chi connectivity index (χ2v) is 6.31. The summed E-state index contributed by atoms with van der Waals surface area (Å²) < 4.78 is 10.3. The fourth-order valence-electron chi connectivity index (χ4n) is 2.31. The highest BCUT2D eigenvalue weighted by atomic mass is 16.5. The summed E-state index contributed by atoms with van der Waals surface area (Å²) in [5, 5.41) is 4.52. The van der Waals surface area contributed by atoms with Gasteiger partial charge in [0.25, 0.3) is 17.7 Å². The minimum Gasteiger partial charge on any atom is -0.494 e. The maximum atomic E-state index is 12.1. The van der Waals surface area contributed by atoms with Gasteiger partial charge in [0.2, 0.25) is 0 Å². The summed E-state index contributed by atoms with van der Waals surface area (Å²) in [4.78, 5) is 47.3. The van der Waals surface area contributed by atoms with Crippen molar-refractivity contribution in [2.24, 2.45) is 0 Å². The van der Waals surface area contributed by atoms with E-state index in [0.717, 1.165) is 12.8 Å². The smallest absolute Gasteiger partial charge is 0.325 e. The molecule has 2 N–H and O–H groups in total. The van der Waals surface area contributed by atoms with Crippen LogP contribution >= 0.6 is 0 Å². The summed E-state index contributed by atoms with van der Waals surface area (Å²) in [5.74, 6) is -1.95. The summed E-state index contributed by atoms with van der Waals surface area (Å²) in [7, 11) is 0. The van der Waals surface area contributed by atoms with Crippen molar-refractivity contribution in [1.82, 2.24) is 10.6 Å². The van der Waals surface area contributed by atoms with Crippen LogP contribution in [0.4, 0.5) is 0 Å². The third-order valence-electron chi connectivity index (χ3n) is 3.93. The normalized spacial score (nSPS) is 10.0. The third-order valence-corrected chi connectivity index (χ3v) is 3.93. The van der Waals surface area contributed by atoms with Crippen molar-refractivity contribution in [3.8, 4) is 5.75 Å². The number of hydrogen-bond donors (Lipinski definition) is 2. The molecule has 8 nitrogen and oxygen atoms in total. The maximum Gasteiger partial charge on any atom is 0.325 e. The lowest BCUT2D eigenvalue weighted by molar-refractivity contribution is -0.147. The van der Waals surface area contributed by atoms with Gasteiger partial charge in [0.1, 0.15) is 12.3 Å². The Hall–Kier alpha value is -3.68. The first-order valence-corrected chi connectivity index (χ1v) is 9.55. The number of esters is 1. The van der Waals surface area contributed by atoms with Crippen molar-refractivity contribution in [3.05, 3.63) is 65.7 Å². The van der Waals surface area contributed by atoms with E-state index >= 15 is 0 Å². The van der Waals surface area contributed by atoms with Gasteiger partial charge in [-0.05, 0) is 42.8 Å². The van der Waals surface area contributed by atoms with E-state index in [4.69, 9.17) is 9.47 Å². The molecule has 0 saturated carbocycles. The summed E-state index contributed by atoms with van der Waals surface area (Å²) in [6.45, 7) is 1.64. The summed E-state index contributed by atoms with van der Waals surface area (Å²) in [6.07, 6.45) is 1.98. The SMILES string of the molecule is CCCCOc1ccc(C(=O)NCC(=O)OCC(=O)NC(=O)c2ccccc2)cc1. The monoisotopic (exact) mass is 412 g/mol. The Labute approximate surface area is 174 Å². The van der Waals surface area contributed by atoms with Crippen LogP contribution in [0, 0.1) is 0 Å². The number of unbranched alkanes of at least 4 members (excludes halogenated alkanes) is 1. The third kappa shape index (κ3) is 7.75. The average molecular weight is 412 g/mol. The zero-order chi connectivity index (χ0) is 21.8. The Morgan fingerprint density at radius 3 is 2.20 bits per heavy atom. The van der Waals surface area contributed by atoms with E-state index < -0.39 is 36.8 Å². The van der Waals surface area contributed by atoms with Gasteiger partial charge >= 0.3 is 5.97 Å². The minimum atomic E-state index is -0.801. The van der Waals surface area contributed by atoms with Gasteiger partial charge in [-0.2, -0.15) is 0 Å². The number of ether oxygens (including phenoxy) is 2. The predicted octanol–water partition coefficient (Wildman–Crippen LogP) is 2.10. The molecule has 0 atom stereocenters. The van der Waals surface area contributed by atoms with Crippen LogP contribution in [-0.2, 0) is 14.3 Å². The van der Waals surface area contributed by atoms with Crippen LogP contribution in [-0.4, -0.2) is 43.4 Å². The van der Waals surface area contributed by atoms with Crippen molar-refractivity contribution in [2.75, 3.05) is 19.8 Å². The van der Waals surface area contributed by atoms with Crippen LogP contribution in [0.25, 0.3) is 0 Å². The average Bonchev–Trinajstić information content (AvgIpc) is 2.77. The van der Waals surface area contributed by atoms with Crippen LogP contribution in [0.3, 0.4) is 0 Å². The van der Waals surface area contributed by atoms with Crippen molar-refractivity contribution in [1.29, 1.82) is 0 Å². The van der Waals surface area contributed by atoms with E-state index in [1.807, 2.05) is 0 Å². The van der Waals surface area contributed by atoms with Crippen molar-refractivity contribution in [3.63, 3.8) is 0 Å². The number of imide groups is 1. The van der Waals surface area contributed by atoms with Gasteiger partial charge in [-0.25, -0.2) is 0 Å². The van der Waals surface area contributed by atoms with Crippen LogP contribution in [0.2, 0.25) is 0 Å². The van der Waals surface area contributed by atoms with Gasteiger partial charge in [0, 0.05) is 11.1 Å². The van der Waals surface area contributed by atoms with Crippen LogP contribution < -0.4 is 15.4 Å². The molecule has 0 saturated heterocycles. The Kier molecular flexibility index (Phi) is 9.05. The van der Waals surface area contributed by atoms with E-state index in [2.05, 4.69) is 17.6 Å². The molecule has 0 heterocycles. The Bertz CT molecular complexity index is 865. The molecule has 0 aliphatic carbocycles. The molecule has 0 unspecified atom stereocenters. The van der Waals surface area contributed by atoms with Gasteiger partial charge in [-0.3, -0.25) is 24.5 Å². The van der Waals surface area contributed by atoms with E-state index in [1.54, 1.807) is 54.6 Å². The van der Waals surface area contributed by atoms with Crippen molar-refractivity contribution >= 4 is 23.7 Å². The number of benzene rings is 2. The molecule has 0 bridgehead atoms. The molecule has 0 radical (unpaired) electrons. The molecule has 2 rings (SSSR count).